The van der Waals surface area contributed by atoms with Crippen molar-refractivity contribution in [3.63, 3.8) is 0 Å². The van der Waals surface area contributed by atoms with Crippen molar-refractivity contribution in [2.24, 2.45) is 0 Å². The quantitative estimate of drug-likeness (QED) is 0.224. The molecule has 0 radical (unpaired) electrons. The van der Waals surface area contributed by atoms with Crippen LogP contribution < -0.4 is 10.1 Å². The second-order valence-electron chi connectivity index (χ2n) is 8.58. The molecule has 0 aliphatic heterocycles. The number of hydrogen-bond acceptors (Lipinski definition) is 5. The smallest absolute Gasteiger partial charge is 0.262 e. The van der Waals surface area contributed by atoms with Crippen LogP contribution in [0.5, 0.6) is 5.88 Å². The van der Waals surface area contributed by atoms with Crippen LogP contribution in [-0.4, -0.2) is 31.5 Å². The lowest BCUT2D eigenvalue weighted by Crippen LogP contribution is -2.53. The first-order chi connectivity index (χ1) is 17.7. The molecule has 5 aromatic rings. The fraction of sp³-hybridized carbons (Fsp3) is 0.167. The Morgan fingerprint density at radius 1 is 0.806 bits per heavy atom. The predicted octanol–water partition coefficient (Wildman–Crippen LogP) is 6.46. The zero-order chi connectivity index (χ0) is 24.8. The van der Waals surface area contributed by atoms with Crippen LogP contribution in [0.25, 0.3) is 11.0 Å². The molecule has 0 spiro atoms. The summed E-state index contributed by atoms with van der Waals surface area (Å²) in [5, 5.41) is 9.35. The highest BCUT2D eigenvalue weighted by molar-refractivity contribution is 6.31. The van der Waals surface area contributed by atoms with Gasteiger partial charge in [-0.2, -0.15) is 0 Å². The third-order valence-electron chi connectivity index (χ3n) is 6.23. The number of nitrogens with zero attached hydrogens (tertiary/aromatic N) is 1. The summed E-state index contributed by atoms with van der Waals surface area (Å²) in [5.41, 5.74) is 3.32. The van der Waals surface area contributed by atoms with E-state index >= 15 is 0 Å². The number of hydrogen-bond donors (Lipinski definition) is 1. The first-order valence-electron chi connectivity index (χ1n) is 11.8. The molecule has 1 heterocycles. The van der Waals surface area contributed by atoms with Gasteiger partial charge in [0, 0.05) is 12.1 Å². The van der Waals surface area contributed by atoms with Gasteiger partial charge in [0.05, 0.1) is 23.6 Å². The van der Waals surface area contributed by atoms with Gasteiger partial charge in [0.2, 0.25) is 0 Å². The molecule has 5 rings (SSSR count). The summed E-state index contributed by atoms with van der Waals surface area (Å²) in [6, 6.07) is 36.5. The number of nitrogens with one attached hydrogen (secondary N) is 1. The van der Waals surface area contributed by atoms with Crippen molar-refractivity contribution >= 4 is 22.6 Å². The number of aromatic nitrogens is 1. The van der Waals surface area contributed by atoms with E-state index in [9.17, 15) is 0 Å². The summed E-state index contributed by atoms with van der Waals surface area (Å²) in [5.74, 6) is 0.403. The Bertz CT molecular complexity index is 1290. The average Bonchev–Trinajstić information content (AvgIpc) is 3.33. The van der Waals surface area contributed by atoms with Crippen LogP contribution in [0.1, 0.15) is 16.7 Å². The maximum absolute atomic E-state index is 6.19. The Kier molecular flexibility index (Phi) is 7.33. The third-order valence-corrected chi connectivity index (χ3v) is 6.46. The summed E-state index contributed by atoms with van der Waals surface area (Å²) in [6.07, 6.45) is 0. The molecule has 0 amide bonds. The van der Waals surface area contributed by atoms with Gasteiger partial charge in [0.25, 0.3) is 5.88 Å². The molecule has 0 saturated heterocycles. The Labute approximate surface area is 215 Å². The maximum atomic E-state index is 6.19. The van der Waals surface area contributed by atoms with E-state index in [1.54, 1.807) is 25.3 Å². The molecule has 182 valence electrons. The number of fused-ring (bicyclic) bond motifs is 1. The summed E-state index contributed by atoms with van der Waals surface area (Å²) >= 11 is 6.19. The van der Waals surface area contributed by atoms with Crippen molar-refractivity contribution in [2.75, 3.05) is 20.3 Å². The number of methoxy groups -OCH3 is 1. The van der Waals surface area contributed by atoms with Crippen molar-refractivity contribution in [3.05, 3.63) is 131 Å². The van der Waals surface area contributed by atoms with E-state index in [4.69, 9.17) is 25.6 Å². The van der Waals surface area contributed by atoms with Gasteiger partial charge in [-0.25, -0.2) is 0 Å². The SMILES string of the molecule is COCC(COc1noc2ccc(Cl)cc12)NC(c1ccccc1)(c1ccccc1)c1ccccc1. The molecule has 0 saturated carbocycles. The lowest BCUT2D eigenvalue weighted by Gasteiger charge is -2.40. The van der Waals surface area contributed by atoms with Crippen LogP contribution in [0, 0.1) is 0 Å². The van der Waals surface area contributed by atoms with Crippen molar-refractivity contribution in [1.82, 2.24) is 10.5 Å². The van der Waals surface area contributed by atoms with Crippen LogP contribution in [-0.2, 0) is 10.3 Å². The fourth-order valence-electron chi connectivity index (χ4n) is 4.63. The van der Waals surface area contributed by atoms with E-state index in [0.717, 1.165) is 22.1 Å². The Balaban J connectivity index is 1.55. The molecular weight excluding hydrogens is 472 g/mol. The predicted molar refractivity (Wildman–Crippen MR) is 143 cm³/mol. The van der Waals surface area contributed by atoms with E-state index in [-0.39, 0.29) is 6.04 Å². The molecule has 1 atom stereocenters. The highest BCUT2D eigenvalue weighted by atomic mass is 35.5. The van der Waals surface area contributed by atoms with Crippen molar-refractivity contribution in [3.8, 4) is 5.88 Å². The Hall–Kier alpha value is -3.64. The molecule has 1 aromatic heterocycles. The summed E-state index contributed by atoms with van der Waals surface area (Å²) < 4.78 is 17.2. The largest absolute Gasteiger partial charge is 0.473 e. The molecule has 36 heavy (non-hydrogen) atoms. The van der Waals surface area contributed by atoms with Crippen LogP contribution in [0.15, 0.2) is 114 Å². The van der Waals surface area contributed by atoms with Gasteiger partial charge in [-0.1, -0.05) is 103 Å². The monoisotopic (exact) mass is 498 g/mol. The van der Waals surface area contributed by atoms with Gasteiger partial charge < -0.3 is 14.0 Å². The van der Waals surface area contributed by atoms with Gasteiger partial charge in [-0.15, -0.1) is 0 Å². The van der Waals surface area contributed by atoms with Crippen LogP contribution in [0.2, 0.25) is 5.02 Å². The minimum atomic E-state index is -0.647. The zero-order valence-corrected chi connectivity index (χ0v) is 20.7. The summed E-state index contributed by atoms with van der Waals surface area (Å²) in [4.78, 5) is 0. The normalized spacial score (nSPS) is 12.5. The van der Waals surface area contributed by atoms with Crippen LogP contribution in [0.4, 0.5) is 0 Å². The molecule has 1 unspecified atom stereocenters. The van der Waals surface area contributed by atoms with Crippen LogP contribution in [0.3, 0.4) is 0 Å². The Morgan fingerprint density at radius 3 is 1.89 bits per heavy atom. The highest BCUT2D eigenvalue weighted by Gasteiger charge is 2.38. The Morgan fingerprint density at radius 2 is 1.36 bits per heavy atom. The van der Waals surface area contributed by atoms with Crippen LogP contribution >= 0.6 is 11.6 Å². The first kappa shape index (κ1) is 24.1. The molecule has 1 N–H and O–H groups in total. The lowest BCUT2D eigenvalue weighted by molar-refractivity contribution is 0.122. The van der Waals surface area contributed by atoms with Gasteiger partial charge in [-0.3, -0.25) is 5.32 Å². The standard InChI is InChI=1S/C30H27ClN2O3/c1-34-20-26(21-35-29-27-19-25(31)17-18-28(27)36-33-29)32-30(22-11-5-2-6-12-22,23-13-7-3-8-14-23)24-15-9-4-10-16-24/h2-19,26,32H,20-21H2,1H3. The minimum Gasteiger partial charge on any atom is -0.473 e. The van der Waals surface area contributed by atoms with Crippen molar-refractivity contribution < 1.29 is 14.0 Å². The summed E-state index contributed by atoms with van der Waals surface area (Å²) in [7, 11) is 1.69. The molecule has 0 aliphatic rings. The van der Waals surface area contributed by atoms with Crippen molar-refractivity contribution in [2.45, 2.75) is 11.6 Å². The number of ether oxygens (including phenoxy) is 2. The zero-order valence-electron chi connectivity index (χ0n) is 19.9. The minimum absolute atomic E-state index is 0.193. The van der Waals surface area contributed by atoms with Gasteiger partial charge >= 0.3 is 0 Å². The second kappa shape index (κ2) is 11.0. The first-order valence-corrected chi connectivity index (χ1v) is 12.2. The van der Waals surface area contributed by atoms with E-state index in [2.05, 4.69) is 83.3 Å². The molecule has 5 nitrogen and oxygen atoms in total. The van der Waals surface area contributed by atoms with Gasteiger partial charge in [0.15, 0.2) is 5.58 Å². The molecule has 6 heteroatoms. The van der Waals surface area contributed by atoms with Crippen molar-refractivity contribution in [1.29, 1.82) is 0 Å². The molecule has 4 aromatic carbocycles. The van der Waals surface area contributed by atoms with E-state index < -0.39 is 5.54 Å². The molecule has 0 bridgehead atoms. The van der Waals surface area contributed by atoms with Gasteiger partial charge in [0.1, 0.15) is 6.61 Å². The number of rotatable bonds is 10. The average molecular weight is 499 g/mol. The van der Waals surface area contributed by atoms with E-state index in [0.29, 0.717) is 29.7 Å². The second-order valence-corrected chi connectivity index (χ2v) is 9.02. The maximum Gasteiger partial charge on any atom is 0.262 e. The fourth-order valence-corrected chi connectivity index (χ4v) is 4.80. The molecule has 0 fully saturated rings. The molecule has 0 aliphatic carbocycles. The summed E-state index contributed by atoms with van der Waals surface area (Å²) in [6.45, 7) is 0.723. The number of halogens is 1. The molecular formula is C30H27ClN2O3. The highest BCUT2D eigenvalue weighted by Crippen LogP contribution is 2.37. The third kappa shape index (κ3) is 4.86. The number of benzene rings is 4. The van der Waals surface area contributed by atoms with E-state index in [1.165, 1.54) is 0 Å². The van der Waals surface area contributed by atoms with E-state index in [1.807, 2.05) is 18.2 Å². The lowest BCUT2D eigenvalue weighted by atomic mass is 9.76. The van der Waals surface area contributed by atoms with Gasteiger partial charge in [-0.05, 0) is 40.0 Å². The topological polar surface area (TPSA) is 56.5 Å².